The monoisotopic (exact) mass is 394 g/mol. The molecule has 0 fully saturated rings. The molecule has 2 aromatic carbocycles. The van der Waals surface area contributed by atoms with Gasteiger partial charge in [0.05, 0.1) is 17.9 Å². The molecule has 1 N–H and O–H groups in total. The Morgan fingerprint density at radius 2 is 1.82 bits per heavy atom. The zero-order chi connectivity index (χ0) is 19.8. The zero-order valence-electron chi connectivity index (χ0n) is 15.7. The van der Waals surface area contributed by atoms with Crippen molar-refractivity contribution in [2.75, 3.05) is 18.9 Å². The van der Waals surface area contributed by atoms with E-state index in [-0.39, 0.29) is 18.2 Å². The molecule has 5 nitrogen and oxygen atoms in total. The number of hydrogen-bond donors (Lipinski definition) is 1. The molecule has 0 aliphatic rings. The van der Waals surface area contributed by atoms with Crippen molar-refractivity contribution in [3.05, 3.63) is 71.8 Å². The third-order valence-corrected chi connectivity index (χ3v) is 5.11. The van der Waals surface area contributed by atoms with Gasteiger partial charge in [0.25, 0.3) is 0 Å². The van der Waals surface area contributed by atoms with Crippen LogP contribution < -0.4 is 5.32 Å². The zero-order valence-corrected chi connectivity index (χ0v) is 16.5. The number of aromatic nitrogens is 1. The summed E-state index contributed by atoms with van der Waals surface area (Å²) in [6, 6.07) is 20.3. The van der Waals surface area contributed by atoms with Crippen molar-refractivity contribution in [3.63, 3.8) is 0 Å². The molecule has 0 aliphatic carbocycles. The number of esters is 1. The van der Waals surface area contributed by atoms with Gasteiger partial charge in [-0.15, -0.1) is 0 Å². The van der Waals surface area contributed by atoms with Gasteiger partial charge in [0.1, 0.15) is 11.6 Å². The lowest BCUT2D eigenvalue weighted by Crippen LogP contribution is -2.31. The number of para-hydroxylation sites is 1. The smallest absolute Gasteiger partial charge is 0.325 e. The highest BCUT2D eigenvalue weighted by atomic mass is 32.2. The molecule has 1 heterocycles. The van der Waals surface area contributed by atoms with E-state index in [0.717, 1.165) is 27.9 Å². The number of carbonyl (C=O) groups excluding carboxylic acids is 2. The fraction of sp³-hybridized carbons (Fsp3) is 0.227. The predicted octanol–water partition coefficient (Wildman–Crippen LogP) is 3.60. The molecule has 1 amide bonds. The molecule has 0 radical (unpaired) electrons. The number of hydrogen-bond acceptors (Lipinski definition) is 5. The molecule has 0 bridgehead atoms. The first kappa shape index (κ1) is 19.9. The Labute approximate surface area is 168 Å². The topological polar surface area (TPSA) is 68.3 Å². The van der Waals surface area contributed by atoms with E-state index in [4.69, 9.17) is 9.72 Å². The van der Waals surface area contributed by atoms with E-state index in [1.54, 1.807) is 6.92 Å². The number of amides is 1. The van der Waals surface area contributed by atoms with E-state index in [0.29, 0.717) is 6.61 Å². The summed E-state index contributed by atoms with van der Waals surface area (Å²) in [7, 11) is 0. The van der Waals surface area contributed by atoms with Gasteiger partial charge in [0, 0.05) is 11.8 Å². The SMILES string of the molecule is CCOC(=O)CNC(=O)CSc1nc2ccccc2cc1Cc1ccccc1. The van der Waals surface area contributed by atoms with Gasteiger partial charge in [0.15, 0.2) is 0 Å². The van der Waals surface area contributed by atoms with Crippen LogP contribution in [0.3, 0.4) is 0 Å². The second-order valence-corrected chi connectivity index (χ2v) is 7.14. The number of fused-ring (bicyclic) bond motifs is 1. The van der Waals surface area contributed by atoms with E-state index in [1.807, 2.05) is 42.5 Å². The second-order valence-electron chi connectivity index (χ2n) is 6.18. The molecule has 6 heteroatoms. The number of nitrogens with one attached hydrogen (secondary N) is 1. The summed E-state index contributed by atoms with van der Waals surface area (Å²) < 4.78 is 4.82. The minimum absolute atomic E-state index is 0.116. The molecule has 0 saturated carbocycles. The number of thioether (sulfide) groups is 1. The molecule has 0 aliphatic heterocycles. The standard InChI is InChI=1S/C22H22N2O3S/c1-2-27-21(26)14-23-20(25)15-28-22-18(12-16-8-4-3-5-9-16)13-17-10-6-7-11-19(17)24-22/h3-11,13H,2,12,14-15H2,1H3,(H,23,25). The van der Waals surface area contributed by atoms with E-state index in [1.165, 1.54) is 17.3 Å². The number of carbonyl (C=O) groups is 2. The first-order valence-corrected chi connectivity index (χ1v) is 10.1. The van der Waals surface area contributed by atoms with Crippen molar-refractivity contribution in [1.82, 2.24) is 10.3 Å². The van der Waals surface area contributed by atoms with E-state index < -0.39 is 5.97 Å². The van der Waals surface area contributed by atoms with E-state index in [9.17, 15) is 9.59 Å². The average molecular weight is 394 g/mol. The Morgan fingerprint density at radius 3 is 2.61 bits per heavy atom. The van der Waals surface area contributed by atoms with Crippen LogP contribution in [0.2, 0.25) is 0 Å². The van der Waals surface area contributed by atoms with Gasteiger partial charge in [-0.1, -0.05) is 60.3 Å². The molecule has 3 aromatic rings. The Hall–Kier alpha value is -2.86. The fourth-order valence-electron chi connectivity index (χ4n) is 2.78. The summed E-state index contributed by atoms with van der Waals surface area (Å²) in [5.74, 6) is -0.472. The summed E-state index contributed by atoms with van der Waals surface area (Å²) in [5.41, 5.74) is 3.16. The normalized spacial score (nSPS) is 10.6. The van der Waals surface area contributed by atoms with Gasteiger partial charge in [-0.2, -0.15) is 0 Å². The van der Waals surface area contributed by atoms with Crippen molar-refractivity contribution in [2.45, 2.75) is 18.4 Å². The first-order chi connectivity index (χ1) is 13.7. The summed E-state index contributed by atoms with van der Waals surface area (Å²) in [6.45, 7) is 1.91. The minimum atomic E-state index is -0.436. The Kier molecular flexibility index (Phi) is 7.03. The quantitative estimate of drug-likeness (QED) is 0.467. The lowest BCUT2D eigenvalue weighted by Gasteiger charge is -2.11. The van der Waals surface area contributed by atoms with Gasteiger partial charge >= 0.3 is 5.97 Å². The average Bonchev–Trinajstić information content (AvgIpc) is 2.71. The molecule has 0 unspecified atom stereocenters. The molecule has 3 rings (SSSR count). The maximum atomic E-state index is 12.1. The molecule has 28 heavy (non-hydrogen) atoms. The molecule has 0 atom stereocenters. The largest absolute Gasteiger partial charge is 0.465 e. The summed E-state index contributed by atoms with van der Waals surface area (Å²) in [4.78, 5) is 28.2. The lowest BCUT2D eigenvalue weighted by atomic mass is 10.0. The van der Waals surface area contributed by atoms with Gasteiger partial charge < -0.3 is 10.1 Å². The number of ether oxygens (including phenoxy) is 1. The Balaban J connectivity index is 1.74. The highest BCUT2D eigenvalue weighted by Gasteiger charge is 2.12. The number of nitrogens with zero attached hydrogens (tertiary/aromatic N) is 1. The van der Waals surface area contributed by atoms with Crippen molar-refractivity contribution >= 4 is 34.5 Å². The van der Waals surface area contributed by atoms with Crippen LogP contribution in [-0.2, 0) is 20.7 Å². The molecule has 0 spiro atoms. The second kappa shape index (κ2) is 9.90. The molecule has 1 aromatic heterocycles. The van der Waals surface area contributed by atoms with Crippen molar-refractivity contribution < 1.29 is 14.3 Å². The van der Waals surface area contributed by atoms with Crippen LogP contribution in [0.5, 0.6) is 0 Å². The maximum absolute atomic E-state index is 12.1. The van der Waals surface area contributed by atoms with Gasteiger partial charge in [0.2, 0.25) is 5.91 Å². The number of pyridine rings is 1. The van der Waals surface area contributed by atoms with E-state index in [2.05, 4.69) is 23.5 Å². The first-order valence-electron chi connectivity index (χ1n) is 9.13. The van der Waals surface area contributed by atoms with Gasteiger partial charge in [-0.05, 0) is 30.2 Å². The minimum Gasteiger partial charge on any atom is -0.465 e. The molecular weight excluding hydrogens is 372 g/mol. The highest BCUT2D eigenvalue weighted by molar-refractivity contribution is 7.99. The van der Waals surface area contributed by atoms with Crippen LogP contribution >= 0.6 is 11.8 Å². The van der Waals surface area contributed by atoms with Crippen LogP contribution in [0.4, 0.5) is 0 Å². The summed E-state index contributed by atoms with van der Waals surface area (Å²) in [6.07, 6.45) is 0.742. The molecule has 0 saturated heterocycles. The van der Waals surface area contributed by atoms with Crippen LogP contribution in [0.15, 0.2) is 65.7 Å². The van der Waals surface area contributed by atoms with Crippen LogP contribution in [0.25, 0.3) is 10.9 Å². The summed E-state index contributed by atoms with van der Waals surface area (Å²) in [5, 5.41) is 4.48. The third-order valence-electron chi connectivity index (χ3n) is 4.08. The van der Waals surface area contributed by atoms with Crippen molar-refractivity contribution in [1.29, 1.82) is 0 Å². The molecule has 144 valence electrons. The van der Waals surface area contributed by atoms with E-state index >= 15 is 0 Å². The number of benzene rings is 2. The Bertz CT molecular complexity index is 960. The Morgan fingerprint density at radius 1 is 1.07 bits per heavy atom. The lowest BCUT2D eigenvalue weighted by molar-refractivity contribution is -0.143. The van der Waals surface area contributed by atoms with Crippen LogP contribution in [0, 0.1) is 0 Å². The molecular formula is C22H22N2O3S. The highest BCUT2D eigenvalue weighted by Crippen LogP contribution is 2.27. The predicted molar refractivity (Wildman–Crippen MR) is 111 cm³/mol. The van der Waals surface area contributed by atoms with Crippen LogP contribution in [-0.4, -0.2) is 35.8 Å². The number of rotatable bonds is 8. The van der Waals surface area contributed by atoms with Crippen LogP contribution in [0.1, 0.15) is 18.1 Å². The summed E-state index contributed by atoms with van der Waals surface area (Å²) >= 11 is 1.38. The van der Waals surface area contributed by atoms with Gasteiger partial charge in [-0.25, -0.2) is 4.98 Å². The van der Waals surface area contributed by atoms with Gasteiger partial charge in [-0.3, -0.25) is 9.59 Å². The van der Waals surface area contributed by atoms with Crippen molar-refractivity contribution in [3.8, 4) is 0 Å². The maximum Gasteiger partial charge on any atom is 0.325 e. The third kappa shape index (κ3) is 5.57. The van der Waals surface area contributed by atoms with Crippen molar-refractivity contribution in [2.24, 2.45) is 0 Å². The fourth-order valence-corrected chi connectivity index (χ4v) is 3.63.